The Bertz CT molecular complexity index is 1130. The van der Waals surface area contributed by atoms with Gasteiger partial charge in [0, 0.05) is 12.6 Å². The minimum absolute atomic E-state index is 0. The molecule has 0 unspecified atom stereocenters. The number of halogens is 3. The van der Waals surface area contributed by atoms with Crippen molar-refractivity contribution >= 4 is 0 Å². The summed E-state index contributed by atoms with van der Waals surface area (Å²) in [5.41, 5.74) is 0.667. The number of hydrogen-bond acceptors (Lipinski definition) is 5. The predicted octanol–water partition coefficient (Wildman–Crippen LogP) is 5.43. The molecular weight excluding hydrogens is 369 g/mol. The molecule has 0 radical (unpaired) electrons. The molecule has 5 nitrogen and oxygen atoms in total. The summed E-state index contributed by atoms with van der Waals surface area (Å²) < 4.78 is 45.7. The van der Waals surface area contributed by atoms with E-state index in [0.717, 1.165) is 11.6 Å². The zero-order chi connectivity index (χ0) is 19.7. The smallest absolute Gasteiger partial charge is 0.415 e. The molecule has 0 fully saturated rings. The van der Waals surface area contributed by atoms with Gasteiger partial charge in [0.1, 0.15) is 5.69 Å². The van der Waals surface area contributed by atoms with Gasteiger partial charge < -0.3 is 4.42 Å². The third-order valence-electron chi connectivity index (χ3n) is 4.11. The van der Waals surface area contributed by atoms with Gasteiger partial charge in [-0.15, -0.1) is 10.2 Å². The summed E-state index contributed by atoms with van der Waals surface area (Å²) in [5.74, 6) is 0.382. The van der Waals surface area contributed by atoms with Crippen LogP contribution in [0.25, 0.3) is 34.3 Å². The van der Waals surface area contributed by atoms with E-state index in [4.69, 9.17) is 4.42 Å². The molecule has 142 valence electrons. The third-order valence-corrected chi connectivity index (χ3v) is 4.11. The largest absolute Gasteiger partial charge is 0.417 e. The molecule has 2 aromatic carbocycles. The first-order chi connectivity index (χ1) is 13.4. The Morgan fingerprint density at radius 1 is 0.893 bits per heavy atom. The molecule has 4 aromatic rings. The Morgan fingerprint density at radius 3 is 2.32 bits per heavy atom. The molecule has 0 aliphatic rings. The number of aromatic nitrogens is 4. The van der Waals surface area contributed by atoms with Crippen LogP contribution in [-0.4, -0.2) is 20.2 Å². The molecule has 2 heterocycles. The number of aryl methyl sites for hydroxylation is 1. The van der Waals surface area contributed by atoms with E-state index in [1.807, 2.05) is 30.3 Å². The summed E-state index contributed by atoms with van der Waals surface area (Å²) in [6.07, 6.45) is -3.20. The Morgan fingerprint density at radius 2 is 1.57 bits per heavy atom. The van der Waals surface area contributed by atoms with E-state index in [9.17, 15) is 13.2 Å². The SMILES string of the molecule is Cc1ncc(-c2ccccc2C(F)(F)F)nc1-c1nnc(-c2ccccc2)o1.[HH]. The van der Waals surface area contributed by atoms with Crippen LogP contribution in [0.1, 0.15) is 12.7 Å². The van der Waals surface area contributed by atoms with E-state index in [-0.39, 0.29) is 30.2 Å². The lowest BCUT2D eigenvalue weighted by Gasteiger charge is -2.12. The first kappa shape index (κ1) is 17.8. The van der Waals surface area contributed by atoms with Crippen molar-refractivity contribution in [1.29, 1.82) is 0 Å². The number of nitrogens with zero attached hydrogens (tertiary/aromatic N) is 4. The molecule has 0 bridgehead atoms. The van der Waals surface area contributed by atoms with Gasteiger partial charge in [-0.1, -0.05) is 36.4 Å². The summed E-state index contributed by atoms with van der Waals surface area (Å²) in [7, 11) is 0. The van der Waals surface area contributed by atoms with E-state index in [1.54, 1.807) is 6.92 Å². The van der Waals surface area contributed by atoms with Crippen molar-refractivity contribution in [1.82, 2.24) is 20.2 Å². The molecule has 8 heteroatoms. The van der Waals surface area contributed by atoms with Crippen molar-refractivity contribution in [3.63, 3.8) is 0 Å². The second-order valence-electron chi connectivity index (χ2n) is 6.01. The van der Waals surface area contributed by atoms with Crippen molar-refractivity contribution in [3.8, 4) is 34.3 Å². The highest BCUT2D eigenvalue weighted by atomic mass is 19.4. The van der Waals surface area contributed by atoms with Crippen molar-refractivity contribution in [2.24, 2.45) is 0 Å². The molecule has 28 heavy (non-hydrogen) atoms. The fraction of sp³-hybridized carbons (Fsp3) is 0.100. The van der Waals surface area contributed by atoms with Crippen LogP contribution in [0.2, 0.25) is 0 Å². The Labute approximate surface area is 159 Å². The maximum absolute atomic E-state index is 13.3. The second kappa shape index (κ2) is 6.88. The Balaban J connectivity index is 0.00000240. The normalized spacial score (nSPS) is 11.6. The molecule has 0 amide bonds. The second-order valence-corrected chi connectivity index (χ2v) is 6.01. The van der Waals surface area contributed by atoms with Gasteiger partial charge in [-0.3, -0.25) is 4.98 Å². The molecule has 0 atom stereocenters. The highest BCUT2D eigenvalue weighted by Gasteiger charge is 2.34. The summed E-state index contributed by atoms with van der Waals surface area (Å²) in [4.78, 5) is 8.51. The number of benzene rings is 2. The fourth-order valence-corrected chi connectivity index (χ4v) is 2.75. The average Bonchev–Trinajstić information content (AvgIpc) is 3.18. The summed E-state index contributed by atoms with van der Waals surface area (Å²) >= 11 is 0. The quantitative estimate of drug-likeness (QED) is 0.471. The van der Waals surface area contributed by atoms with Crippen LogP contribution < -0.4 is 0 Å². The highest BCUT2D eigenvalue weighted by molar-refractivity contribution is 5.67. The van der Waals surface area contributed by atoms with Crippen LogP contribution in [0, 0.1) is 6.92 Å². The molecule has 2 aromatic heterocycles. The molecule has 0 aliphatic carbocycles. The van der Waals surface area contributed by atoms with Gasteiger partial charge in [0.05, 0.1) is 23.1 Å². The van der Waals surface area contributed by atoms with Crippen LogP contribution in [0.3, 0.4) is 0 Å². The summed E-state index contributed by atoms with van der Waals surface area (Å²) in [6.45, 7) is 1.67. The monoisotopic (exact) mass is 384 g/mol. The standard InChI is InChI=1S/C20H13F3N4O.H2/c1-12-17(19-27-26-18(28-19)13-7-3-2-4-8-13)25-16(11-24-12)14-9-5-6-10-15(14)20(21,22)23;/h2-11H,1H3;1H. The predicted molar refractivity (Wildman–Crippen MR) is 98.0 cm³/mol. The zero-order valence-electron chi connectivity index (χ0n) is 14.6. The first-order valence-electron chi connectivity index (χ1n) is 8.33. The number of alkyl halides is 3. The summed E-state index contributed by atoms with van der Waals surface area (Å²) in [5, 5.41) is 7.99. The van der Waals surface area contributed by atoms with E-state index in [2.05, 4.69) is 20.2 Å². The van der Waals surface area contributed by atoms with E-state index in [0.29, 0.717) is 5.69 Å². The van der Waals surface area contributed by atoms with Crippen LogP contribution in [-0.2, 0) is 6.18 Å². The molecular formula is C20H15F3N4O. The van der Waals surface area contributed by atoms with Crippen LogP contribution >= 0.6 is 0 Å². The van der Waals surface area contributed by atoms with Crippen LogP contribution in [0.15, 0.2) is 65.2 Å². The van der Waals surface area contributed by atoms with E-state index in [1.165, 1.54) is 24.4 Å². The minimum atomic E-state index is -4.51. The van der Waals surface area contributed by atoms with E-state index < -0.39 is 11.7 Å². The lowest BCUT2D eigenvalue weighted by Crippen LogP contribution is -2.08. The maximum atomic E-state index is 13.3. The van der Waals surface area contributed by atoms with E-state index >= 15 is 0 Å². The zero-order valence-corrected chi connectivity index (χ0v) is 14.6. The van der Waals surface area contributed by atoms with Crippen molar-refractivity contribution in [2.75, 3.05) is 0 Å². The fourth-order valence-electron chi connectivity index (χ4n) is 2.75. The third kappa shape index (κ3) is 3.36. The molecule has 0 N–H and O–H groups in total. The van der Waals surface area contributed by atoms with Crippen LogP contribution in [0.5, 0.6) is 0 Å². The van der Waals surface area contributed by atoms with Crippen molar-refractivity contribution in [2.45, 2.75) is 13.1 Å². The molecule has 0 saturated heterocycles. The van der Waals surface area contributed by atoms with Gasteiger partial charge in [-0.05, 0) is 25.1 Å². The van der Waals surface area contributed by atoms with Gasteiger partial charge in [0.25, 0.3) is 5.89 Å². The Kier molecular flexibility index (Phi) is 4.38. The molecule has 4 rings (SSSR count). The number of hydrogen-bond donors (Lipinski definition) is 0. The highest BCUT2D eigenvalue weighted by Crippen LogP contribution is 2.36. The number of rotatable bonds is 3. The van der Waals surface area contributed by atoms with Gasteiger partial charge in [-0.2, -0.15) is 13.2 Å². The molecule has 0 spiro atoms. The summed E-state index contributed by atoms with van der Waals surface area (Å²) in [6, 6.07) is 14.4. The maximum Gasteiger partial charge on any atom is 0.417 e. The minimum Gasteiger partial charge on any atom is -0.415 e. The van der Waals surface area contributed by atoms with Crippen LogP contribution in [0.4, 0.5) is 13.2 Å². The molecule has 0 saturated carbocycles. The average molecular weight is 384 g/mol. The molecule has 0 aliphatic heterocycles. The van der Waals surface area contributed by atoms with Gasteiger partial charge in [0.2, 0.25) is 5.89 Å². The first-order valence-corrected chi connectivity index (χ1v) is 8.33. The van der Waals surface area contributed by atoms with Gasteiger partial charge >= 0.3 is 6.18 Å². The van der Waals surface area contributed by atoms with Gasteiger partial charge in [0.15, 0.2) is 0 Å². The van der Waals surface area contributed by atoms with Crippen molar-refractivity contribution in [3.05, 3.63) is 72.1 Å². The van der Waals surface area contributed by atoms with Crippen molar-refractivity contribution < 1.29 is 19.0 Å². The lowest BCUT2D eigenvalue weighted by molar-refractivity contribution is -0.137. The lowest BCUT2D eigenvalue weighted by atomic mass is 10.0. The topological polar surface area (TPSA) is 64.7 Å². The Hall–Kier alpha value is -3.55. The van der Waals surface area contributed by atoms with Gasteiger partial charge in [-0.25, -0.2) is 4.98 Å².